The number of imide groups is 1. The molecule has 2 fully saturated rings. The zero-order valence-corrected chi connectivity index (χ0v) is 38.2. The molecule has 6 aromatic carbocycles. The summed E-state index contributed by atoms with van der Waals surface area (Å²) >= 11 is 0. The van der Waals surface area contributed by atoms with Gasteiger partial charge in [-0.3, -0.25) is 29.4 Å². The van der Waals surface area contributed by atoms with Crippen LogP contribution in [0.1, 0.15) is 57.1 Å². The third-order valence-electron chi connectivity index (χ3n) is 13.9. The molecular weight excluding hydrogens is 897 g/mol. The number of cyclic esters (lactones) is 1. The van der Waals surface area contributed by atoms with Gasteiger partial charge in [0, 0.05) is 25.2 Å². The van der Waals surface area contributed by atoms with Gasteiger partial charge < -0.3 is 33.7 Å². The van der Waals surface area contributed by atoms with E-state index in [4.69, 9.17) is 23.7 Å². The molecule has 4 heterocycles. The lowest BCUT2D eigenvalue weighted by atomic mass is 9.65. The first-order chi connectivity index (χ1) is 34.1. The number of methoxy groups -OCH3 is 2. The molecule has 0 aromatic heterocycles. The van der Waals surface area contributed by atoms with Crippen molar-refractivity contribution in [1.29, 1.82) is 0 Å². The van der Waals surface area contributed by atoms with E-state index in [2.05, 4.69) is 0 Å². The number of hydrogen-bond acceptors (Lipinski definition) is 13. The Balaban J connectivity index is 1.20. The van der Waals surface area contributed by atoms with Crippen molar-refractivity contribution in [2.45, 2.75) is 49.2 Å². The average Bonchev–Trinajstić information content (AvgIpc) is 3.86. The second-order valence-corrected chi connectivity index (χ2v) is 17.5. The van der Waals surface area contributed by atoms with E-state index in [-0.39, 0.29) is 44.3 Å². The van der Waals surface area contributed by atoms with Crippen molar-refractivity contribution in [2.75, 3.05) is 38.9 Å². The summed E-state index contributed by atoms with van der Waals surface area (Å²) in [6.07, 6.45) is -1.57. The minimum Gasteiger partial charge on any atom is -0.493 e. The number of hydrogen-bond donors (Lipinski definition) is 1. The summed E-state index contributed by atoms with van der Waals surface area (Å²) in [6, 6.07) is 38.4. The van der Waals surface area contributed by atoms with Crippen molar-refractivity contribution in [3.8, 4) is 17.2 Å². The summed E-state index contributed by atoms with van der Waals surface area (Å²) in [4.78, 5) is 78.5. The highest BCUT2D eigenvalue weighted by atomic mass is 16.6. The Labute approximate surface area is 402 Å². The van der Waals surface area contributed by atoms with Gasteiger partial charge in [-0.2, -0.15) is 0 Å². The molecule has 4 aliphatic rings. The lowest BCUT2D eigenvalue weighted by Gasteiger charge is -2.46. The molecule has 6 atom stereocenters. The van der Waals surface area contributed by atoms with Crippen molar-refractivity contribution < 1.29 is 52.9 Å². The van der Waals surface area contributed by atoms with Crippen LogP contribution < -0.4 is 19.1 Å². The van der Waals surface area contributed by atoms with Crippen LogP contribution in [0.4, 0.5) is 16.2 Å². The maximum absolute atomic E-state index is 16.5. The number of benzene rings is 6. The van der Waals surface area contributed by atoms with Crippen molar-refractivity contribution in [3.63, 3.8) is 0 Å². The molecule has 1 N–H and O–H groups in total. The maximum Gasteiger partial charge on any atom is 0.421 e. The summed E-state index contributed by atoms with van der Waals surface area (Å²) in [7, 11) is 3.09. The standard InChI is InChI=1S/C54H48N4O12/c1-66-43-29-36-24-25-55(31-38(36)30-44(43)67-2)50(60)45-47-51(61)70-48(35-14-7-4-8-15-35)46(34-12-5-3-6-13-34)57(47)49(37-16-11-17-40(28-37)68-27-26-59)54(45)41-18-9-10-19-42(41)56(52(54)62)53(63)69-32-33-20-22-39(23-21-33)58(64)65/h3-23,28-30,45-49,59H,24-27,31-32H2,1-2H3/t45-,46-,47-,48+,49+,54-/m0/s1. The Hall–Kier alpha value is -8.08. The van der Waals surface area contributed by atoms with Crippen molar-refractivity contribution >= 4 is 35.3 Å². The Kier molecular flexibility index (Phi) is 12.3. The van der Waals surface area contributed by atoms with Gasteiger partial charge in [-0.15, -0.1) is 0 Å². The number of amides is 3. The number of esters is 1. The fourth-order valence-corrected chi connectivity index (χ4v) is 11.0. The Morgan fingerprint density at radius 1 is 0.786 bits per heavy atom. The number of rotatable bonds is 12. The van der Waals surface area contributed by atoms with Gasteiger partial charge in [0.25, 0.3) is 5.69 Å². The highest BCUT2D eigenvalue weighted by Gasteiger charge is 2.76. The van der Waals surface area contributed by atoms with Gasteiger partial charge in [0.15, 0.2) is 11.5 Å². The molecule has 6 aromatic rings. The van der Waals surface area contributed by atoms with E-state index in [0.29, 0.717) is 45.9 Å². The Morgan fingerprint density at radius 2 is 1.44 bits per heavy atom. The number of fused-ring (bicyclic) bond motifs is 4. The fraction of sp³-hybridized carbons (Fsp3) is 0.259. The molecule has 356 valence electrons. The largest absolute Gasteiger partial charge is 0.493 e. The summed E-state index contributed by atoms with van der Waals surface area (Å²) < 4.78 is 29.7. The number of carbonyl (C=O) groups excluding carboxylic acids is 4. The Morgan fingerprint density at radius 3 is 2.13 bits per heavy atom. The van der Waals surface area contributed by atoms with E-state index >= 15 is 14.4 Å². The van der Waals surface area contributed by atoms with Crippen molar-refractivity contribution in [3.05, 3.63) is 195 Å². The number of carbonyl (C=O) groups is 4. The van der Waals surface area contributed by atoms with Crippen LogP contribution in [0.2, 0.25) is 0 Å². The highest BCUT2D eigenvalue weighted by molar-refractivity contribution is 6.23. The lowest BCUT2D eigenvalue weighted by molar-refractivity contribution is -0.384. The number of aliphatic hydroxyl groups excluding tert-OH is 1. The topological polar surface area (TPSA) is 188 Å². The van der Waals surface area contributed by atoms with Gasteiger partial charge >= 0.3 is 12.1 Å². The molecule has 4 aliphatic heterocycles. The molecule has 10 rings (SSSR count). The summed E-state index contributed by atoms with van der Waals surface area (Å²) in [6.45, 7) is -0.336. The second-order valence-electron chi connectivity index (χ2n) is 17.5. The summed E-state index contributed by atoms with van der Waals surface area (Å²) in [5.41, 5.74) is 2.35. The van der Waals surface area contributed by atoms with Gasteiger partial charge in [-0.05, 0) is 87.8 Å². The SMILES string of the molecule is COc1cc2c(cc1OC)CN(C(=O)[C@@H]1[C@H]3C(=O)O[C@H](c4ccccc4)[C@H](c4ccccc4)N3[C@H](c3cccc(OCCO)c3)[C@@]13C(=O)N(C(=O)OCc1ccc([N+](=O)[O-])cc1)c1ccccc13)CC2. The lowest BCUT2D eigenvalue weighted by Crippen LogP contribution is -2.57. The van der Waals surface area contributed by atoms with Gasteiger partial charge in [-0.25, -0.2) is 9.69 Å². The van der Waals surface area contributed by atoms with Crippen LogP contribution in [0, 0.1) is 16.0 Å². The monoisotopic (exact) mass is 944 g/mol. The van der Waals surface area contributed by atoms with Gasteiger partial charge in [-0.1, -0.05) is 91.0 Å². The second kappa shape index (κ2) is 18.8. The first-order valence-electron chi connectivity index (χ1n) is 22.9. The number of ether oxygens (including phenoxy) is 5. The van der Waals surface area contributed by atoms with E-state index in [9.17, 15) is 20.0 Å². The molecule has 0 saturated carbocycles. The minimum absolute atomic E-state index is 0.0367. The minimum atomic E-state index is -2.03. The predicted molar refractivity (Wildman–Crippen MR) is 253 cm³/mol. The number of anilines is 1. The predicted octanol–water partition coefficient (Wildman–Crippen LogP) is 7.57. The van der Waals surface area contributed by atoms with Crippen LogP contribution >= 0.6 is 0 Å². The van der Waals surface area contributed by atoms with E-state index < -0.39 is 64.4 Å². The molecule has 3 amide bonds. The van der Waals surface area contributed by atoms with Crippen LogP contribution in [0.5, 0.6) is 17.2 Å². The number of para-hydroxylation sites is 1. The van der Waals surface area contributed by atoms with Gasteiger partial charge in [0.05, 0.1) is 49.4 Å². The average molecular weight is 945 g/mol. The third-order valence-corrected chi connectivity index (χ3v) is 13.9. The number of nitro groups is 1. The molecule has 0 unspecified atom stereocenters. The third kappa shape index (κ3) is 7.65. The van der Waals surface area contributed by atoms with Crippen LogP contribution in [0.3, 0.4) is 0 Å². The molecule has 0 aliphatic carbocycles. The number of aliphatic hydroxyl groups is 1. The molecule has 1 spiro atoms. The number of morpholine rings is 1. The van der Waals surface area contributed by atoms with Gasteiger partial charge in [0.2, 0.25) is 11.8 Å². The Bertz CT molecular complexity index is 2990. The summed E-state index contributed by atoms with van der Waals surface area (Å²) in [5.74, 6) is -2.20. The van der Waals surface area contributed by atoms with Crippen molar-refractivity contribution in [1.82, 2.24) is 9.80 Å². The number of non-ortho nitro benzene ring substituents is 1. The van der Waals surface area contributed by atoms with Crippen molar-refractivity contribution in [2.24, 2.45) is 5.92 Å². The van der Waals surface area contributed by atoms with Gasteiger partial charge in [0.1, 0.15) is 36.5 Å². The van der Waals surface area contributed by atoms with Crippen LogP contribution in [-0.4, -0.2) is 83.7 Å². The highest BCUT2D eigenvalue weighted by Crippen LogP contribution is 2.66. The fourth-order valence-electron chi connectivity index (χ4n) is 11.0. The molecule has 16 nitrogen and oxygen atoms in total. The number of nitro benzene ring substituents is 1. The summed E-state index contributed by atoms with van der Waals surface area (Å²) in [5, 5.41) is 21.2. The zero-order chi connectivity index (χ0) is 48.7. The molecule has 16 heteroatoms. The first kappa shape index (κ1) is 45.7. The molecule has 2 saturated heterocycles. The quantitative estimate of drug-likeness (QED) is 0.0720. The van der Waals surface area contributed by atoms with Crippen LogP contribution in [0.15, 0.2) is 146 Å². The molecule has 70 heavy (non-hydrogen) atoms. The first-order valence-corrected chi connectivity index (χ1v) is 22.9. The maximum atomic E-state index is 16.5. The van der Waals surface area contributed by atoms with Crippen LogP contribution in [-0.2, 0) is 48.8 Å². The van der Waals surface area contributed by atoms with Crippen LogP contribution in [0.25, 0.3) is 0 Å². The molecular formula is C54H48N4O12. The van der Waals surface area contributed by atoms with E-state index in [0.717, 1.165) is 21.6 Å². The molecule has 0 radical (unpaired) electrons. The normalized spacial score (nSPS) is 22.4. The van der Waals surface area contributed by atoms with E-state index in [1.54, 1.807) is 54.5 Å². The number of nitrogens with zero attached hydrogens (tertiary/aromatic N) is 4. The smallest absolute Gasteiger partial charge is 0.421 e. The molecule has 0 bridgehead atoms. The van der Waals surface area contributed by atoms with E-state index in [1.165, 1.54) is 31.4 Å². The zero-order valence-electron chi connectivity index (χ0n) is 38.2. The van der Waals surface area contributed by atoms with E-state index in [1.807, 2.05) is 83.8 Å².